The van der Waals surface area contributed by atoms with E-state index >= 15 is 0 Å². The lowest BCUT2D eigenvalue weighted by atomic mass is 10.1. The fourth-order valence-electron chi connectivity index (χ4n) is 2.32. The van der Waals surface area contributed by atoms with Gasteiger partial charge in [0.2, 0.25) is 11.8 Å². The van der Waals surface area contributed by atoms with Crippen LogP contribution >= 0.6 is 11.8 Å². The van der Waals surface area contributed by atoms with Crippen LogP contribution in [0.3, 0.4) is 0 Å². The van der Waals surface area contributed by atoms with Crippen LogP contribution in [0.15, 0.2) is 47.6 Å². The number of aryl methyl sites for hydroxylation is 1. The standard InChI is InChI=1S/C17H17N3O2S/c1-12-4-6-13(7-5-12)9-19-15(21)10-20-14-3-2-8-18-17(14)23-11-16(20)22/h2-8H,9-11H2,1H3,(H,19,21). The average molecular weight is 327 g/mol. The Morgan fingerprint density at radius 3 is 2.87 bits per heavy atom. The van der Waals surface area contributed by atoms with E-state index in [9.17, 15) is 9.59 Å². The largest absolute Gasteiger partial charge is 0.350 e. The number of anilines is 1. The molecule has 0 unspecified atom stereocenters. The Morgan fingerprint density at radius 1 is 1.30 bits per heavy atom. The molecule has 0 atom stereocenters. The normalized spacial score (nSPS) is 13.6. The van der Waals surface area contributed by atoms with Gasteiger partial charge in [0.1, 0.15) is 11.6 Å². The van der Waals surface area contributed by atoms with Gasteiger partial charge in [0.25, 0.3) is 0 Å². The van der Waals surface area contributed by atoms with Crippen LogP contribution in [0, 0.1) is 6.92 Å². The molecule has 0 saturated carbocycles. The Labute approximate surface area is 139 Å². The van der Waals surface area contributed by atoms with Crippen LogP contribution in [0.1, 0.15) is 11.1 Å². The SMILES string of the molecule is Cc1ccc(CNC(=O)CN2C(=O)CSc3ncccc32)cc1. The van der Waals surface area contributed by atoms with Crippen LogP contribution < -0.4 is 10.2 Å². The maximum absolute atomic E-state index is 12.2. The Balaban J connectivity index is 1.63. The molecule has 1 aliphatic rings. The first-order valence-electron chi connectivity index (χ1n) is 7.34. The molecule has 6 heteroatoms. The lowest BCUT2D eigenvalue weighted by Crippen LogP contribution is -2.43. The maximum Gasteiger partial charge on any atom is 0.240 e. The number of hydrogen-bond donors (Lipinski definition) is 1. The van der Waals surface area contributed by atoms with Crippen LogP contribution in [0.5, 0.6) is 0 Å². The number of nitrogens with one attached hydrogen (secondary N) is 1. The van der Waals surface area contributed by atoms with E-state index in [0.717, 1.165) is 10.6 Å². The molecular weight excluding hydrogens is 310 g/mol. The van der Waals surface area contributed by atoms with Crippen molar-refractivity contribution in [1.29, 1.82) is 0 Å². The van der Waals surface area contributed by atoms with Crippen molar-refractivity contribution in [3.8, 4) is 0 Å². The second-order valence-electron chi connectivity index (χ2n) is 5.36. The van der Waals surface area contributed by atoms with Gasteiger partial charge in [-0.15, -0.1) is 0 Å². The third kappa shape index (κ3) is 3.71. The molecule has 23 heavy (non-hydrogen) atoms. The number of carbonyl (C=O) groups is 2. The monoisotopic (exact) mass is 327 g/mol. The number of benzene rings is 1. The highest BCUT2D eigenvalue weighted by Gasteiger charge is 2.26. The summed E-state index contributed by atoms with van der Waals surface area (Å²) < 4.78 is 0. The van der Waals surface area contributed by atoms with Crippen molar-refractivity contribution in [3.05, 3.63) is 53.7 Å². The number of nitrogens with zero attached hydrogens (tertiary/aromatic N) is 2. The predicted octanol–water partition coefficient (Wildman–Crippen LogP) is 2.15. The number of fused-ring (bicyclic) bond motifs is 1. The van der Waals surface area contributed by atoms with Crippen molar-refractivity contribution >= 4 is 29.3 Å². The maximum atomic E-state index is 12.2. The summed E-state index contributed by atoms with van der Waals surface area (Å²) in [6, 6.07) is 11.6. The van der Waals surface area contributed by atoms with E-state index < -0.39 is 0 Å². The summed E-state index contributed by atoms with van der Waals surface area (Å²) in [5.74, 6) is 0.0662. The molecule has 1 aromatic carbocycles. The molecule has 0 radical (unpaired) electrons. The fraction of sp³-hybridized carbons (Fsp3) is 0.235. The van der Waals surface area contributed by atoms with Gasteiger partial charge in [-0.05, 0) is 24.6 Å². The van der Waals surface area contributed by atoms with Crippen LogP contribution in [0.4, 0.5) is 5.69 Å². The van der Waals surface area contributed by atoms with Gasteiger partial charge in [0, 0.05) is 12.7 Å². The second-order valence-corrected chi connectivity index (χ2v) is 6.32. The molecule has 118 valence electrons. The Kier molecular flexibility index (Phi) is 4.62. The minimum atomic E-state index is -0.180. The number of pyridine rings is 1. The van der Waals surface area contributed by atoms with E-state index in [1.54, 1.807) is 12.3 Å². The lowest BCUT2D eigenvalue weighted by Gasteiger charge is -2.27. The Morgan fingerprint density at radius 2 is 2.09 bits per heavy atom. The summed E-state index contributed by atoms with van der Waals surface area (Å²) in [5.41, 5.74) is 2.92. The van der Waals surface area contributed by atoms with Crippen LogP contribution in [0.25, 0.3) is 0 Å². The van der Waals surface area contributed by atoms with E-state index in [4.69, 9.17) is 0 Å². The molecule has 0 fully saturated rings. The summed E-state index contributed by atoms with van der Waals surface area (Å²) in [6.45, 7) is 2.49. The molecule has 2 amide bonds. The fourth-order valence-corrected chi connectivity index (χ4v) is 3.20. The van der Waals surface area contributed by atoms with Crippen molar-refractivity contribution in [2.45, 2.75) is 18.5 Å². The smallest absolute Gasteiger partial charge is 0.240 e. The van der Waals surface area contributed by atoms with Crippen molar-refractivity contribution in [3.63, 3.8) is 0 Å². The first-order chi connectivity index (χ1) is 11.1. The van der Waals surface area contributed by atoms with Crippen LogP contribution in [-0.4, -0.2) is 29.1 Å². The molecule has 0 spiro atoms. The number of amides is 2. The molecular formula is C17H17N3O2S. The molecule has 1 aromatic heterocycles. The predicted molar refractivity (Wildman–Crippen MR) is 90.3 cm³/mol. The summed E-state index contributed by atoms with van der Waals surface area (Å²) >= 11 is 1.41. The third-order valence-corrected chi connectivity index (χ3v) is 4.57. The van der Waals surface area contributed by atoms with Gasteiger partial charge in [-0.2, -0.15) is 0 Å². The van der Waals surface area contributed by atoms with Gasteiger partial charge < -0.3 is 5.32 Å². The molecule has 1 aliphatic heterocycles. The molecule has 0 saturated heterocycles. The number of carbonyl (C=O) groups excluding carboxylic acids is 2. The molecule has 3 rings (SSSR count). The lowest BCUT2D eigenvalue weighted by molar-refractivity contribution is -0.123. The number of hydrogen-bond acceptors (Lipinski definition) is 4. The highest BCUT2D eigenvalue weighted by molar-refractivity contribution is 8.00. The Bertz CT molecular complexity index is 731. The van der Waals surface area contributed by atoms with Gasteiger partial charge in [0.15, 0.2) is 0 Å². The first-order valence-corrected chi connectivity index (χ1v) is 8.32. The first kappa shape index (κ1) is 15.6. The molecule has 2 heterocycles. The van der Waals surface area contributed by atoms with Gasteiger partial charge in [-0.3, -0.25) is 14.5 Å². The number of aromatic nitrogens is 1. The van der Waals surface area contributed by atoms with Gasteiger partial charge in [-0.1, -0.05) is 41.6 Å². The second kappa shape index (κ2) is 6.83. The zero-order valence-corrected chi connectivity index (χ0v) is 13.6. The van der Waals surface area contributed by atoms with Gasteiger partial charge in [-0.25, -0.2) is 4.98 Å². The third-order valence-electron chi connectivity index (χ3n) is 3.59. The zero-order valence-electron chi connectivity index (χ0n) is 12.8. The molecule has 5 nitrogen and oxygen atoms in total. The highest BCUT2D eigenvalue weighted by atomic mass is 32.2. The topological polar surface area (TPSA) is 62.3 Å². The van der Waals surface area contributed by atoms with E-state index in [1.165, 1.54) is 22.2 Å². The van der Waals surface area contributed by atoms with Gasteiger partial charge >= 0.3 is 0 Å². The summed E-state index contributed by atoms with van der Waals surface area (Å²) in [7, 11) is 0. The minimum absolute atomic E-state index is 0.0178. The quantitative estimate of drug-likeness (QED) is 0.934. The van der Waals surface area contributed by atoms with E-state index in [2.05, 4.69) is 10.3 Å². The highest BCUT2D eigenvalue weighted by Crippen LogP contribution is 2.32. The molecule has 2 aromatic rings. The van der Waals surface area contributed by atoms with E-state index in [0.29, 0.717) is 18.0 Å². The molecule has 0 bridgehead atoms. The summed E-state index contributed by atoms with van der Waals surface area (Å²) in [5, 5.41) is 3.65. The van der Waals surface area contributed by atoms with Crippen LogP contribution in [-0.2, 0) is 16.1 Å². The average Bonchev–Trinajstić information content (AvgIpc) is 2.57. The molecule has 0 aliphatic carbocycles. The minimum Gasteiger partial charge on any atom is -0.350 e. The number of thioether (sulfide) groups is 1. The van der Waals surface area contributed by atoms with Crippen molar-refractivity contribution in [2.24, 2.45) is 0 Å². The Hall–Kier alpha value is -2.34. The van der Waals surface area contributed by atoms with Gasteiger partial charge in [0.05, 0.1) is 11.4 Å². The van der Waals surface area contributed by atoms with E-state index in [-0.39, 0.29) is 18.4 Å². The molecule has 1 N–H and O–H groups in total. The van der Waals surface area contributed by atoms with E-state index in [1.807, 2.05) is 37.3 Å². The summed E-state index contributed by atoms with van der Waals surface area (Å²) in [6.07, 6.45) is 1.69. The van der Waals surface area contributed by atoms with Crippen molar-refractivity contribution in [1.82, 2.24) is 10.3 Å². The summed E-state index contributed by atoms with van der Waals surface area (Å²) in [4.78, 5) is 30.0. The van der Waals surface area contributed by atoms with Crippen molar-refractivity contribution in [2.75, 3.05) is 17.2 Å². The van der Waals surface area contributed by atoms with Crippen molar-refractivity contribution < 1.29 is 9.59 Å². The number of rotatable bonds is 4. The zero-order chi connectivity index (χ0) is 16.2. The van der Waals surface area contributed by atoms with Crippen LogP contribution in [0.2, 0.25) is 0 Å².